The highest BCUT2D eigenvalue weighted by molar-refractivity contribution is 5.83. The fourth-order valence-electron chi connectivity index (χ4n) is 4.36. The van der Waals surface area contributed by atoms with Gasteiger partial charge in [0.1, 0.15) is 0 Å². The van der Waals surface area contributed by atoms with Crippen molar-refractivity contribution in [1.82, 2.24) is 20.0 Å². The summed E-state index contributed by atoms with van der Waals surface area (Å²) in [6.45, 7) is 5.12. The summed E-state index contributed by atoms with van der Waals surface area (Å²) in [5.41, 5.74) is 3.19. The highest BCUT2D eigenvalue weighted by Gasteiger charge is 2.21. The molecule has 1 aliphatic rings. The minimum absolute atomic E-state index is 0.147. The number of aromatic amines is 1. The van der Waals surface area contributed by atoms with Crippen molar-refractivity contribution in [1.29, 1.82) is 0 Å². The molecule has 0 saturated carbocycles. The first-order chi connectivity index (χ1) is 16.6. The standard InChI is InChI=1S/C26H27N5O3/c1-18-10-11-22-19(16-18)17-21(26(33)27-22)25-28-23(34-29-25)8-5-9-24(32)31-14-12-30(13-15-31)20-6-3-2-4-7-20/h2-4,6-7,10-11,16-17H,5,8-9,12-15H2,1H3,(H,27,33). The van der Waals surface area contributed by atoms with Crippen LogP contribution in [0.2, 0.25) is 0 Å². The predicted octanol–water partition coefficient (Wildman–Crippen LogP) is 3.56. The summed E-state index contributed by atoms with van der Waals surface area (Å²) in [5, 5.41) is 4.91. The van der Waals surface area contributed by atoms with E-state index in [0.29, 0.717) is 30.7 Å². The highest BCUT2D eigenvalue weighted by atomic mass is 16.5. The van der Waals surface area contributed by atoms with Gasteiger partial charge >= 0.3 is 0 Å². The second-order valence-electron chi connectivity index (χ2n) is 8.67. The van der Waals surface area contributed by atoms with Crippen LogP contribution in [0.25, 0.3) is 22.3 Å². The molecular weight excluding hydrogens is 430 g/mol. The number of anilines is 1. The second kappa shape index (κ2) is 9.51. The molecule has 34 heavy (non-hydrogen) atoms. The number of pyridine rings is 1. The van der Waals surface area contributed by atoms with E-state index < -0.39 is 0 Å². The third kappa shape index (κ3) is 4.71. The van der Waals surface area contributed by atoms with Gasteiger partial charge in [-0.25, -0.2) is 0 Å². The van der Waals surface area contributed by atoms with Crippen LogP contribution in [-0.2, 0) is 11.2 Å². The number of piperazine rings is 1. The second-order valence-corrected chi connectivity index (χ2v) is 8.67. The van der Waals surface area contributed by atoms with Crippen molar-refractivity contribution in [2.75, 3.05) is 31.1 Å². The average Bonchev–Trinajstić information content (AvgIpc) is 3.33. The maximum absolute atomic E-state index is 12.7. The van der Waals surface area contributed by atoms with Crippen LogP contribution in [0.5, 0.6) is 0 Å². The van der Waals surface area contributed by atoms with Crippen LogP contribution in [0.1, 0.15) is 24.3 Å². The Kier molecular flexibility index (Phi) is 6.12. The molecule has 2 aromatic heterocycles. The predicted molar refractivity (Wildman–Crippen MR) is 131 cm³/mol. The van der Waals surface area contributed by atoms with Crippen molar-refractivity contribution in [3.63, 3.8) is 0 Å². The van der Waals surface area contributed by atoms with Gasteiger partial charge in [0.15, 0.2) is 0 Å². The molecule has 3 heterocycles. The number of para-hydroxylation sites is 1. The molecule has 1 amide bonds. The van der Waals surface area contributed by atoms with Crippen molar-refractivity contribution in [2.45, 2.75) is 26.2 Å². The van der Waals surface area contributed by atoms with E-state index in [1.807, 2.05) is 48.2 Å². The van der Waals surface area contributed by atoms with Gasteiger partial charge in [0.2, 0.25) is 17.6 Å². The number of hydrogen-bond acceptors (Lipinski definition) is 6. The Bertz CT molecular complexity index is 1350. The number of hydrogen-bond donors (Lipinski definition) is 1. The van der Waals surface area contributed by atoms with Gasteiger partial charge in [-0.3, -0.25) is 9.59 Å². The zero-order valence-corrected chi connectivity index (χ0v) is 19.2. The van der Waals surface area contributed by atoms with Crippen molar-refractivity contribution >= 4 is 22.5 Å². The average molecular weight is 458 g/mol. The molecule has 4 aromatic rings. The molecule has 1 aliphatic heterocycles. The number of fused-ring (bicyclic) bond motifs is 1. The van der Waals surface area contributed by atoms with Gasteiger partial charge in [-0.15, -0.1) is 0 Å². The van der Waals surface area contributed by atoms with Crippen LogP contribution in [0, 0.1) is 6.92 Å². The Morgan fingerprint density at radius 2 is 1.85 bits per heavy atom. The van der Waals surface area contributed by atoms with E-state index in [1.54, 1.807) is 6.07 Å². The van der Waals surface area contributed by atoms with Gasteiger partial charge in [0.25, 0.3) is 5.56 Å². The molecular formula is C26H27N5O3. The molecule has 1 saturated heterocycles. The lowest BCUT2D eigenvalue weighted by molar-refractivity contribution is -0.131. The van der Waals surface area contributed by atoms with Crippen LogP contribution < -0.4 is 10.5 Å². The number of H-pyrrole nitrogens is 1. The Morgan fingerprint density at radius 1 is 1.06 bits per heavy atom. The lowest BCUT2D eigenvalue weighted by Gasteiger charge is -2.36. The molecule has 5 rings (SSSR count). The number of benzene rings is 2. The SMILES string of the molecule is Cc1ccc2[nH]c(=O)c(-c3noc(CCCC(=O)N4CCN(c5ccccc5)CC4)n3)cc2c1. The summed E-state index contributed by atoms with van der Waals surface area (Å²) in [5.74, 6) is 0.845. The normalized spacial score (nSPS) is 14.0. The van der Waals surface area contributed by atoms with Crippen LogP contribution in [0.3, 0.4) is 0 Å². The first-order valence-corrected chi connectivity index (χ1v) is 11.6. The quantitative estimate of drug-likeness (QED) is 0.476. The van der Waals surface area contributed by atoms with Gasteiger partial charge in [-0.1, -0.05) is 35.0 Å². The third-order valence-electron chi connectivity index (χ3n) is 6.24. The summed E-state index contributed by atoms with van der Waals surface area (Å²) < 4.78 is 5.35. The first-order valence-electron chi connectivity index (χ1n) is 11.6. The lowest BCUT2D eigenvalue weighted by atomic mass is 10.1. The monoisotopic (exact) mass is 457 g/mol. The summed E-state index contributed by atoms with van der Waals surface area (Å²) >= 11 is 0. The van der Waals surface area contributed by atoms with Crippen molar-refractivity contribution in [2.24, 2.45) is 0 Å². The van der Waals surface area contributed by atoms with E-state index in [2.05, 4.69) is 32.2 Å². The topological polar surface area (TPSA) is 95.3 Å². The Labute approximate surface area is 197 Å². The van der Waals surface area contributed by atoms with Crippen molar-refractivity contribution < 1.29 is 9.32 Å². The van der Waals surface area contributed by atoms with Crippen molar-refractivity contribution in [3.8, 4) is 11.4 Å². The van der Waals surface area contributed by atoms with E-state index in [1.165, 1.54) is 5.69 Å². The summed E-state index contributed by atoms with van der Waals surface area (Å²) in [7, 11) is 0. The molecule has 1 N–H and O–H groups in total. The fourth-order valence-corrected chi connectivity index (χ4v) is 4.36. The Morgan fingerprint density at radius 3 is 2.65 bits per heavy atom. The van der Waals surface area contributed by atoms with E-state index in [9.17, 15) is 9.59 Å². The Balaban J connectivity index is 1.15. The number of amides is 1. The smallest absolute Gasteiger partial charge is 0.259 e. The third-order valence-corrected chi connectivity index (χ3v) is 6.24. The number of carbonyl (C=O) groups excluding carboxylic acids is 1. The lowest BCUT2D eigenvalue weighted by Crippen LogP contribution is -2.48. The van der Waals surface area contributed by atoms with Gasteiger partial charge in [-0.05, 0) is 49.1 Å². The van der Waals surface area contributed by atoms with Crippen LogP contribution in [0.15, 0.2) is 63.9 Å². The number of aryl methyl sites for hydroxylation is 2. The van der Waals surface area contributed by atoms with Gasteiger partial charge in [0.05, 0.1) is 5.56 Å². The molecule has 1 fully saturated rings. The largest absolute Gasteiger partial charge is 0.368 e. The zero-order valence-electron chi connectivity index (χ0n) is 19.2. The first kappa shape index (κ1) is 21.9. The maximum atomic E-state index is 12.7. The van der Waals surface area contributed by atoms with E-state index in [4.69, 9.17) is 4.52 Å². The van der Waals surface area contributed by atoms with E-state index in [0.717, 1.165) is 42.6 Å². The molecule has 0 bridgehead atoms. The van der Waals surface area contributed by atoms with Gasteiger partial charge in [-0.2, -0.15) is 4.98 Å². The molecule has 0 atom stereocenters. The molecule has 2 aromatic carbocycles. The molecule has 0 unspecified atom stereocenters. The maximum Gasteiger partial charge on any atom is 0.259 e. The molecule has 0 radical (unpaired) electrons. The number of rotatable bonds is 6. The van der Waals surface area contributed by atoms with Crippen LogP contribution in [-0.4, -0.2) is 52.1 Å². The van der Waals surface area contributed by atoms with Gasteiger partial charge in [0, 0.05) is 50.2 Å². The number of carbonyl (C=O) groups is 1. The molecule has 0 aliphatic carbocycles. The summed E-state index contributed by atoms with van der Waals surface area (Å²) in [4.78, 5) is 36.6. The fraction of sp³-hybridized carbons (Fsp3) is 0.308. The number of aromatic nitrogens is 3. The molecule has 174 valence electrons. The zero-order chi connectivity index (χ0) is 23.5. The summed E-state index contributed by atoms with van der Waals surface area (Å²) in [6.07, 6.45) is 1.54. The van der Waals surface area contributed by atoms with E-state index in [-0.39, 0.29) is 17.3 Å². The minimum Gasteiger partial charge on any atom is -0.368 e. The minimum atomic E-state index is -0.256. The number of nitrogens with one attached hydrogen (secondary N) is 1. The highest BCUT2D eigenvalue weighted by Crippen LogP contribution is 2.20. The van der Waals surface area contributed by atoms with Crippen molar-refractivity contribution in [3.05, 3.63) is 76.4 Å². The van der Waals surface area contributed by atoms with Crippen LogP contribution in [0.4, 0.5) is 5.69 Å². The number of nitrogens with zero attached hydrogens (tertiary/aromatic N) is 4. The summed E-state index contributed by atoms with van der Waals surface area (Å²) in [6, 6.07) is 17.9. The molecule has 0 spiro atoms. The van der Waals surface area contributed by atoms with Crippen LogP contribution >= 0.6 is 0 Å². The van der Waals surface area contributed by atoms with E-state index >= 15 is 0 Å². The molecule has 8 heteroatoms. The Hall–Kier alpha value is -3.94. The molecule has 8 nitrogen and oxygen atoms in total. The van der Waals surface area contributed by atoms with Gasteiger partial charge < -0.3 is 19.3 Å².